The van der Waals surface area contributed by atoms with Crippen molar-refractivity contribution >= 4 is 11.4 Å². The second-order valence-corrected chi connectivity index (χ2v) is 9.34. The number of hydroxylamine groups is 2. The van der Waals surface area contributed by atoms with E-state index in [-0.39, 0.29) is 11.4 Å². The van der Waals surface area contributed by atoms with Crippen molar-refractivity contribution in [2.75, 3.05) is 18.4 Å². The molecule has 0 amide bonds. The molecule has 3 aromatic rings. The highest BCUT2D eigenvalue weighted by Crippen LogP contribution is 2.55. The molecule has 1 saturated heterocycles. The zero-order chi connectivity index (χ0) is 21.9. The Morgan fingerprint density at radius 1 is 0.906 bits per heavy atom. The van der Waals surface area contributed by atoms with Crippen molar-refractivity contribution in [3.63, 3.8) is 0 Å². The minimum Gasteiger partial charge on any atom is -0.624 e. The third-order valence-corrected chi connectivity index (χ3v) is 7.51. The molecule has 6 rings (SSSR count). The fraction of sp³-hybridized carbons (Fsp3) is 0.308. The number of fused-ring (bicyclic) bond motifs is 4. The molecule has 1 spiro atoms. The molecule has 32 heavy (non-hydrogen) atoms. The second kappa shape index (κ2) is 7.05. The maximum atomic E-state index is 13.8. The minimum absolute atomic E-state index is 0.166. The molecule has 3 aromatic carbocycles. The standard InChI is InChI=1S/C26H26N3O3/c30-24-16-23-25(22-15-20-9-5-4-8-19(20)14-21(22)24)29(31,32)26(27-23)10-12-28(13-11-26)17-18-6-2-1-3-7-18/h1-9,16,27,30H,10-15,17H2/q-1. The number of anilines is 1. The Bertz CT molecular complexity index is 1180. The van der Waals surface area contributed by atoms with Gasteiger partial charge in [-0.3, -0.25) is 4.90 Å². The van der Waals surface area contributed by atoms with E-state index in [9.17, 15) is 15.5 Å². The van der Waals surface area contributed by atoms with E-state index < -0.39 is 10.5 Å². The smallest absolute Gasteiger partial charge is 0.179 e. The monoisotopic (exact) mass is 428 g/mol. The fourth-order valence-electron chi connectivity index (χ4n) is 5.74. The van der Waals surface area contributed by atoms with Gasteiger partial charge in [0.1, 0.15) is 11.4 Å². The fourth-order valence-corrected chi connectivity index (χ4v) is 5.74. The maximum absolute atomic E-state index is 13.8. The molecule has 1 aliphatic carbocycles. The summed E-state index contributed by atoms with van der Waals surface area (Å²) in [5, 5.41) is 41.7. The third kappa shape index (κ3) is 2.88. The number of benzene rings is 3. The van der Waals surface area contributed by atoms with Crippen LogP contribution in [0.3, 0.4) is 0 Å². The Morgan fingerprint density at radius 3 is 2.22 bits per heavy atom. The Morgan fingerprint density at radius 2 is 1.53 bits per heavy atom. The number of piperidine rings is 1. The average Bonchev–Trinajstić information content (AvgIpc) is 3.01. The zero-order valence-corrected chi connectivity index (χ0v) is 17.9. The van der Waals surface area contributed by atoms with Crippen molar-refractivity contribution in [3.05, 3.63) is 98.9 Å². The van der Waals surface area contributed by atoms with Crippen molar-refractivity contribution in [2.24, 2.45) is 0 Å². The summed E-state index contributed by atoms with van der Waals surface area (Å²) in [5.41, 5.74) is 4.55. The van der Waals surface area contributed by atoms with E-state index in [4.69, 9.17) is 0 Å². The number of rotatable bonds is 2. The molecular formula is C26H26N3O3-. The molecule has 0 bridgehead atoms. The van der Waals surface area contributed by atoms with Gasteiger partial charge >= 0.3 is 0 Å². The van der Waals surface area contributed by atoms with Gasteiger partial charge in [0.2, 0.25) is 0 Å². The van der Waals surface area contributed by atoms with E-state index in [1.165, 1.54) is 5.56 Å². The van der Waals surface area contributed by atoms with E-state index in [1.54, 1.807) is 6.07 Å². The summed E-state index contributed by atoms with van der Waals surface area (Å²) in [6.45, 7) is 2.17. The number of hydrogen-bond acceptors (Lipinski definition) is 5. The van der Waals surface area contributed by atoms with Gasteiger partial charge in [-0.1, -0.05) is 54.6 Å². The van der Waals surface area contributed by atoms with Crippen molar-refractivity contribution in [2.45, 2.75) is 37.9 Å². The molecule has 6 heteroatoms. The Hall–Kier alpha value is -2.90. The summed E-state index contributed by atoms with van der Waals surface area (Å²) in [7, 11) is 0. The first-order valence-electron chi connectivity index (χ1n) is 11.3. The predicted octanol–water partition coefficient (Wildman–Crippen LogP) is 4.61. The Balaban J connectivity index is 1.31. The first kappa shape index (κ1) is 19.8. The summed E-state index contributed by atoms with van der Waals surface area (Å²) in [6.07, 6.45) is 1.98. The summed E-state index contributed by atoms with van der Waals surface area (Å²) >= 11 is 0. The van der Waals surface area contributed by atoms with E-state index in [2.05, 4.69) is 22.3 Å². The molecule has 6 nitrogen and oxygen atoms in total. The van der Waals surface area contributed by atoms with Crippen molar-refractivity contribution in [1.29, 1.82) is 0 Å². The number of quaternary nitrogens is 1. The van der Waals surface area contributed by atoms with Crippen LogP contribution in [0.15, 0.2) is 60.7 Å². The molecule has 164 valence electrons. The highest BCUT2D eigenvalue weighted by atomic mass is 16.8. The molecule has 2 aliphatic heterocycles. The van der Waals surface area contributed by atoms with Crippen LogP contribution in [0, 0.1) is 10.4 Å². The number of likely N-dealkylation sites (tertiary alicyclic amines) is 1. The SMILES string of the molecule is [O-][N+]1([O-])c2c(cc(O)c3c2Cc2ccccc2C3)NC12CCN(Cc1ccccc1)CC2. The van der Waals surface area contributed by atoms with Gasteiger partial charge in [0.05, 0.1) is 0 Å². The van der Waals surface area contributed by atoms with Crippen LogP contribution < -0.4 is 10.1 Å². The number of nitrogens with one attached hydrogen (secondary N) is 1. The van der Waals surface area contributed by atoms with E-state index in [0.717, 1.165) is 23.2 Å². The third-order valence-electron chi connectivity index (χ3n) is 7.51. The van der Waals surface area contributed by atoms with Crippen molar-refractivity contribution in [3.8, 4) is 5.75 Å². The molecule has 0 aromatic heterocycles. The maximum Gasteiger partial charge on any atom is 0.179 e. The summed E-state index contributed by atoms with van der Waals surface area (Å²) in [6, 6.07) is 19.9. The predicted molar refractivity (Wildman–Crippen MR) is 126 cm³/mol. The molecule has 1 fully saturated rings. The molecule has 0 unspecified atom stereocenters. The van der Waals surface area contributed by atoms with Crippen LogP contribution in [0.1, 0.15) is 40.7 Å². The number of nitrogens with zero attached hydrogens (tertiary/aromatic N) is 2. The van der Waals surface area contributed by atoms with Crippen LogP contribution in [0.25, 0.3) is 0 Å². The van der Waals surface area contributed by atoms with Crippen LogP contribution >= 0.6 is 0 Å². The van der Waals surface area contributed by atoms with Crippen LogP contribution in [0.5, 0.6) is 5.75 Å². The van der Waals surface area contributed by atoms with Gasteiger partial charge in [-0.2, -0.15) is 0 Å². The van der Waals surface area contributed by atoms with Crippen molar-refractivity contribution < 1.29 is 5.11 Å². The topological polar surface area (TPSA) is 81.6 Å². The van der Waals surface area contributed by atoms with Gasteiger partial charge < -0.3 is 25.6 Å². The molecule has 0 radical (unpaired) electrons. The first-order chi connectivity index (χ1) is 15.5. The lowest BCUT2D eigenvalue weighted by Gasteiger charge is -2.58. The quantitative estimate of drug-likeness (QED) is 0.360. The normalized spacial score (nSPS) is 20.3. The molecule has 3 aliphatic rings. The minimum atomic E-state index is -1.66. The van der Waals surface area contributed by atoms with Gasteiger partial charge in [0.15, 0.2) is 11.4 Å². The van der Waals surface area contributed by atoms with Gasteiger partial charge in [-0.25, -0.2) is 0 Å². The van der Waals surface area contributed by atoms with Crippen LogP contribution in [-0.4, -0.2) is 28.8 Å². The van der Waals surface area contributed by atoms with Crippen LogP contribution in [-0.2, 0) is 19.4 Å². The van der Waals surface area contributed by atoms with E-state index in [0.29, 0.717) is 50.0 Å². The summed E-state index contributed by atoms with van der Waals surface area (Å²) < 4.78 is 0. The highest BCUT2D eigenvalue weighted by Gasteiger charge is 2.52. The van der Waals surface area contributed by atoms with E-state index in [1.807, 2.05) is 42.5 Å². The molecule has 0 saturated carbocycles. The lowest BCUT2D eigenvalue weighted by Crippen LogP contribution is -2.63. The number of phenolic OH excluding ortho intramolecular Hbond substituents is 1. The molecular weight excluding hydrogens is 402 g/mol. The summed E-state index contributed by atoms with van der Waals surface area (Å²) in [4.78, 5) is 0.640. The number of aromatic hydroxyl groups is 1. The first-order valence-corrected chi connectivity index (χ1v) is 11.3. The molecule has 2 N–H and O–H groups in total. The lowest BCUT2D eigenvalue weighted by atomic mass is 9.84. The molecule has 0 atom stereocenters. The second-order valence-electron chi connectivity index (χ2n) is 9.34. The van der Waals surface area contributed by atoms with Crippen LogP contribution in [0.2, 0.25) is 0 Å². The van der Waals surface area contributed by atoms with Crippen molar-refractivity contribution in [1.82, 2.24) is 9.71 Å². The average molecular weight is 429 g/mol. The van der Waals surface area contributed by atoms with E-state index >= 15 is 0 Å². The molecule has 2 heterocycles. The van der Waals surface area contributed by atoms with Gasteiger partial charge in [-0.15, -0.1) is 0 Å². The zero-order valence-electron chi connectivity index (χ0n) is 17.9. The van der Waals surface area contributed by atoms with Gasteiger partial charge in [-0.05, 0) is 16.7 Å². The number of hydrogen-bond donors (Lipinski definition) is 2. The lowest BCUT2D eigenvalue weighted by molar-refractivity contribution is 0.108. The largest absolute Gasteiger partial charge is 0.624 e. The highest BCUT2D eigenvalue weighted by molar-refractivity contribution is 5.83. The van der Waals surface area contributed by atoms with Gasteiger partial charge in [0.25, 0.3) is 0 Å². The van der Waals surface area contributed by atoms with Gasteiger partial charge in [0, 0.05) is 62.5 Å². The Kier molecular flexibility index (Phi) is 4.35. The Labute approximate surface area is 187 Å². The summed E-state index contributed by atoms with van der Waals surface area (Å²) in [5.74, 6) is 0.166. The van der Waals surface area contributed by atoms with Crippen LogP contribution in [0.4, 0.5) is 11.4 Å². The number of phenols is 1.